The number of nitrogens with one attached hydrogen (secondary N) is 2. The van der Waals surface area contributed by atoms with Crippen molar-refractivity contribution in [1.82, 2.24) is 10.6 Å². The highest BCUT2D eigenvalue weighted by atomic mass is 16.5. The number of hydrogen-bond donors (Lipinski definition) is 2. The molecule has 0 fully saturated rings. The van der Waals surface area contributed by atoms with E-state index in [4.69, 9.17) is 4.74 Å². The van der Waals surface area contributed by atoms with E-state index in [9.17, 15) is 4.79 Å². The van der Waals surface area contributed by atoms with Crippen LogP contribution in [0.3, 0.4) is 0 Å². The molecule has 0 aromatic rings. The Morgan fingerprint density at radius 1 is 1.20 bits per heavy atom. The van der Waals surface area contributed by atoms with E-state index < -0.39 is 0 Å². The molecule has 0 atom stereocenters. The van der Waals surface area contributed by atoms with E-state index in [1.165, 1.54) is 0 Å². The van der Waals surface area contributed by atoms with Gasteiger partial charge >= 0.3 is 0 Å². The highest BCUT2D eigenvalue weighted by molar-refractivity contribution is 5.77. The Kier molecular flexibility index (Phi) is 8.33. The van der Waals surface area contributed by atoms with Gasteiger partial charge in [0, 0.05) is 18.7 Å². The molecule has 1 amide bonds. The minimum absolute atomic E-state index is 0.0400. The Hall–Kier alpha value is -0.610. The van der Waals surface area contributed by atoms with Crippen LogP contribution >= 0.6 is 0 Å². The first-order chi connectivity index (χ1) is 7.02. The van der Waals surface area contributed by atoms with Gasteiger partial charge in [0.15, 0.2) is 0 Å². The van der Waals surface area contributed by atoms with Crippen LogP contribution in [0, 0.1) is 0 Å². The lowest BCUT2D eigenvalue weighted by molar-refractivity contribution is -0.126. The first-order valence-electron chi connectivity index (χ1n) is 5.63. The smallest absolute Gasteiger partial charge is 0.246 e. The van der Waals surface area contributed by atoms with Gasteiger partial charge < -0.3 is 15.4 Å². The fourth-order valence-corrected chi connectivity index (χ4v) is 1.09. The first kappa shape index (κ1) is 14.4. The van der Waals surface area contributed by atoms with Gasteiger partial charge in [0.05, 0.1) is 0 Å². The van der Waals surface area contributed by atoms with Crippen molar-refractivity contribution in [2.45, 2.75) is 46.2 Å². The van der Waals surface area contributed by atoms with E-state index in [0.29, 0.717) is 12.6 Å². The molecular weight excluding hydrogens is 192 g/mol. The standard InChI is InChI=1S/C11H24N2O2/c1-9(2)12-6-5-7-15-8-11(14)13-10(3)4/h9-10,12H,5-8H2,1-4H3,(H,13,14). The molecule has 0 rings (SSSR count). The molecule has 0 aliphatic carbocycles. The van der Waals surface area contributed by atoms with Gasteiger partial charge in [0.2, 0.25) is 5.91 Å². The van der Waals surface area contributed by atoms with Crippen molar-refractivity contribution in [3.63, 3.8) is 0 Å². The highest BCUT2D eigenvalue weighted by Gasteiger charge is 2.02. The molecule has 0 aromatic carbocycles. The van der Waals surface area contributed by atoms with Crippen LogP contribution in [0.1, 0.15) is 34.1 Å². The SMILES string of the molecule is CC(C)NCCCOCC(=O)NC(C)C. The van der Waals surface area contributed by atoms with Gasteiger partial charge in [-0.2, -0.15) is 0 Å². The third-order valence-electron chi connectivity index (χ3n) is 1.70. The molecule has 4 nitrogen and oxygen atoms in total. The number of rotatable bonds is 8. The van der Waals surface area contributed by atoms with E-state index in [-0.39, 0.29) is 18.6 Å². The van der Waals surface area contributed by atoms with E-state index in [0.717, 1.165) is 13.0 Å². The normalized spacial score (nSPS) is 11.1. The Bertz CT molecular complexity index is 170. The second-order valence-corrected chi connectivity index (χ2v) is 4.24. The average Bonchev–Trinajstić information content (AvgIpc) is 2.09. The maximum Gasteiger partial charge on any atom is 0.246 e. The summed E-state index contributed by atoms with van der Waals surface area (Å²) < 4.78 is 5.23. The Labute approximate surface area is 92.8 Å². The molecular formula is C11H24N2O2. The molecule has 0 bridgehead atoms. The van der Waals surface area contributed by atoms with Crippen LogP contribution in [0.25, 0.3) is 0 Å². The third-order valence-corrected chi connectivity index (χ3v) is 1.70. The number of carbonyl (C=O) groups excluding carboxylic acids is 1. The molecule has 0 aliphatic heterocycles. The van der Waals surface area contributed by atoms with Crippen LogP contribution in [0.2, 0.25) is 0 Å². The van der Waals surface area contributed by atoms with E-state index in [1.54, 1.807) is 0 Å². The first-order valence-corrected chi connectivity index (χ1v) is 5.63. The molecule has 15 heavy (non-hydrogen) atoms. The van der Waals surface area contributed by atoms with Crippen molar-refractivity contribution >= 4 is 5.91 Å². The van der Waals surface area contributed by atoms with Gasteiger partial charge in [-0.1, -0.05) is 13.8 Å². The molecule has 0 saturated heterocycles. The van der Waals surface area contributed by atoms with E-state index in [1.807, 2.05) is 13.8 Å². The van der Waals surface area contributed by atoms with Gasteiger partial charge in [-0.05, 0) is 26.8 Å². The summed E-state index contributed by atoms with van der Waals surface area (Å²) in [5.74, 6) is -0.0400. The summed E-state index contributed by atoms with van der Waals surface area (Å²) in [6, 6.07) is 0.693. The second-order valence-electron chi connectivity index (χ2n) is 4.24. The van der Waals surface area contributed by atoms with Gasteiger partial charge in [-0.25, -0.2) is 0 Å². The number of ether oxygens (including phenoxy) is 1. The van der Waals surface area contributed by atoms with Crippen molar-refractivity contribution in [2.75, 3.05) is 19.8 Å². The Morgan fingerprint density at radius 3 is 2.40 bits per heavy atom. The summed E-state index contributed by atoms with van der Waals surface area (Å²) >= 11 is 0. The minimum atomic E-state index is -0.0400. The zero-order chi connectivity index (χ0) is 11.7. The summed E-state index contributed by atoms with van der Waals surface area (Å²) in [5.41, 5.74) is 0. The highest BCUT2D eigenvalue weighted by Crippen LogP contribution is 1.85. The van der Waals surface area contributed by atoms with Crippen LogP contribution in [-0.2, 0) is 9.53 Å². The van der Waals surface area contributed by atoms with E-state index in [2.05, 4.69) is 24.5 Å². The zero-order valence-corrected chi connectivity index (χ0v) is 10.3. The number of amides is 1. The van der Waals surface area contributed by atoms with Crippen LogP contribution in [0.15, 0.2) is 0 Å². The quantitative estimate of drug-likeness (QED) is 0.593. The average molecular weight is 216 g/mol. The predicted octanol–water partition coefficient (Wildman–Crippen LogP) is 0.916. The van der Waals surface area contributed by atoms with Crippen LogP contribution in [0.4, 0.5) is 0 Å². The zero-order valence-electron chi connectivity index (χ0n) is 10.3. The molecule has 0 aliphatic rings. The van der Waals surface area contributed by atoms with Gasteiger partial charge in [-0.15, -0.1) is 0 Å². The summed E-state index contributed by atoms with van der Waals surface area (Å²) in [6.07, 6.45) is 0.938. The number of hydrogen-bond acceptors (Lipinski definition) is 3. The molecule has 0 unspecified atom stereocenters. The lowest BCUT2D eigenvalue weighted by atomic mass is 10.3. The topological polar surface area (TPSA) is 50.4 Å². The third kappa shape index (κ3) is 11.3. The van der Waals surface area contributed by atoms with Gasteiger partial charge in [-0.3, -0.25) is 4.79 Å². The second kappa shape index (κ2) is 8.68. The Balaban J connectivity index is 3.20. The maximum absolute atomic E-state index is 11.1. The fourth-order valence-electron chi connectivity index (χ4n) is 1.09. The molecule has 0 spiro atoms. The minimum Gasteiger partial charge on any atom is -0.372 e. The summed E-state index contributed by atoms with van der Waals surface area (Å²) in [6.45, 7) is 9.82. The molecule has 0 radical (unpaired) electrons. The van der Waals surface area contributed by atoms with Crippen molar-refractivity contribution in [3.8, 4) is 0 Å². The summed E-state index contributed by atoms with van der Waals surface area (Å²) in [7, 11) is 0. The fraction of sp³-hybridized carbons (Fsp3) is 0.909. The molecule has 2 N–H and O–H groups in total. The lowest BCUT2D eigenvalue weighted by Gasteiger charge is -2.10. The molecule has 0 heterocycles. The lowest BCUT2D eigenvalue weighted by Crippen LogP contribution is -2.33. The van der Waals surface area contributed by atoms with Crippen LogP contribution in [-0.4, -0.2) is 37.7 Å². The predicted molar refractivity (Wildman–Crippen MR) is 61.9 cm³/mol. The van der Waals surface area contributed by atoms with Crippen molar-refractivity contribution in [2.24, 2.45) is 0 Å². The molecule has 4 heteroatoms. The summed E-state index contributed by atoms with van der Waals surface area (Å²) in [5, 5.41) is 6.06. The van der Waals surface area contributed by atoms with Crippen molar-refractivity contribution in [3.05, 3.63) is 0 Å². The van der Waals surface area contributed by atoms with Crippen LogP contribution in [0.5, 0.6) is 0 Å². The summed E-state index contributed by atoms with van der Waals surface area (Å²) in [4.78, 5) is 11.1. The molecule has 0 saturated carbocycles. The largest absolute Gasteiger partial charge is 0.372 e. The Morgan fingerprint density at radius 2 is 1.87 bits per heavy atom. The van der Waals surface area contributed by atoms with E-state index >= 15 is 0 Å². The number of carbonyl (C=O) groups is 1. The van der Waals surface area contributed by atoms with Crippen molar-refractivity contribution < 1.29 is 9.53 Å². The molecule has 90 valence electrons. The maximum atomic E-state index is 11.1. The molecule has 0 aromatic heterocycles. The van der Waals surface area contributed by atoms with Crippen molar-refractivity contribution in [1.29, 1.82) is 0 Å². The van der Waals surface area contributed by atoms with Gasteiger partial charge in [0.25, 0.3) is 0 Å². The monoisotopic (exact) mass is 216 g/mol. The van der Waals surface area contributed by atoms with Crippen LogP contribution < -0.4 is 10.6 Å². The van der Waals surface area contributed by atoms with Gasteiger partial charge in [0.1, 0.15) is 6.61 Å².